The SMILES string of the molecule is C[Si](C)(C)C1/C(=C2\C=CC=CC2)C(c2ccccc2)C1[Si](C)(C)C. The second-order valence-corrected chi connectivity index (χ2v) is 20.3. The van der Waals surface area contributed by atoms with Crippen LogP contribution in [0.5, 0.6) is 0 Å². The molecular formula is C22H32Si2. The summed E-state index contributed by atoms with van der Waals surface area (Å²) >= 11 is 0. The van der Waals surface area contributed by atoms with Gasteiger partial charge in [0.2, 0.25) is 0 Å². The van der Waals surface area contributed by atoms with E-state index in [1.807, 2.05) is 0 Å². The quantitative estimate of drug-likeness (QED) is 0.513. The summed E-state index contributed by atoms with van der Waals surface area (Å²) < 4.78 is 0. The maximum atomic E-state index is 2.58. The highest BCUT2D eigenvalue weighted by Gasteiger charge is 2.57. The van der Waals surface area contributed by atoms with Crippen LogP contribution in [0.3, 0.4) is 0 Å². The van der Waals surface area contributed by atoms with E-state index in [4.69, 9.17) is 0 Å². The zero-order chi connectivity index (χ0) is 17.5. The Kier molecular flexibility index (Phi) is 4.65. The van der Waals surface area contributed by atoms with E-state index >= 15 is 0 Å². The molecule has 0 amide bonds. The van der Waals surface area contributed by atoms with E-state index in [1.54, 1.807) is 16.7 Å². The molecule has 3 atom stereocenters. The maximum Gasteiger partial charge on any atom is 0.0518 e. The fraction of sp³-hybridized carbons (Fsp3) is 0.455. The third-order valence-electron chi connectivity index (χ3n) is 5.73. The van der Waals surface area contributed by atoms with Crippen molar-refractivity contribution in [2.75, 3.05) is 0 Å². The van der Waals surface area contributed by atoms with E-state index in [0.717, 1.165) is 17.5 Å². The summed E-state index contributed by atoms with van der Waals surface area (Å²) in [5.41, 5.74) is 6.67. The second-order valence-electron chi connectivity index (χ2n) is 9.60. The molecule has 1 aromatic carbocycles. The van der Waals surface area contributed by atoms with Crippen LogP contribution in [0.25, 0.3) is 0 Å². The summed E-state index contributed by atoms with van der Waals surface area (Å²) in [5, 5.41) is 0. The predicted octanol–water partition coefficient (Wildman–Crippen LogP) is 7.01. The van der Waals surface area contributed by atoms with Gasteiger partial charge in [0.1, 0.15) is 0 Å². The summed E-state index contributed by atoms with van der Waals surface area (Å²) in [6.07, 6.45) is 10.3. The Morgan fingerprint density at radius 2 is 1.50 bits per heavy atom. The maximum absolute atomic E-state index is 2.58. The largest absolute Gasteiger partial charge is 0.0801 e. The van der Waals surface area contributed by atoms with Crippen LogP contribution in [0.2, 0.25) is 50.4 Å². The van der Waals surface area contributed by atoms with Crippen molar-refractivity contribution in [3.63, 3.8) is 0 Å². The molecule has 0 aromatic heterocycles. The first-order valence-electron chi connectivity index (χ1n) is 9.32. The Balaban J connectivity index is 2.15. The third kappa shape index (κ3) is 3.19. The number of benzene rings is 1. The van der Waals surface area contributed by atoms with Crippen LogP contribution in [0.1, 0.15) is 17.9 Å². The van der Waals surface area contributed by atoms with Gasteiger partial charge in [-0.25, -0.2) is 0 Å². The van der Waals surface area contributed by atoms with Gasteiger partial charge in [-0.1, -0.05) is 99.5 Å². The molecule has 3 unspecified atom stereocenters. The molecule has 0 bridgehead atoms. The standard InChI is InChI=1S/C22H32Si2/c1-23(2,3)21-19(17-13-9-7-10-14-17)20(22(21)24(4,5)6)18-15-11-8-12-16-18/h7-15,19,21-22H,16H2,1-6H3/b20-18+. The van der Waals surface area contributed by atoms with Crippen LogP contribution in [0.15, 0.2) is 65.8 Å². The van der Waals surface area contributed by atoms with Crippen molar-refractivity contribution >= 4 is 16.1 Å². The smallest absolute Gasteiger partial charge is 0.0518 e. The van der Waals surface area contributed by atoms with Gasteiger partial charge in [-0.3, -0.25) is 0 Å². The first kappa shape index (κ1) is 17.7. The van der Waals surface area contributed by atoms with Crippen molar-refractivity contribution < 1.29 is 0 Å². The highest BCUT2D eigenvalue weighted by molar-refractivity contribution is 6.85. The molecule has 24 heavy (non-hydrogen) atoms. The van der Waals surface area contributed by atoms with E-state index < -0.39 is 16.1 Å². The molecule has 128 valence electrons. The molecule has 0 N–H and O–H groups in total. The molecule has 1 saturated carbocycles. The van der Waals surface area contributed by atoms with E-state index in [-0.39, 0.29) is 0 Å². The minimum absolute atomic E-state index is 0.653. The van der Waals surface area contributed by atoms with Crippen LogP contribution in [0, 0.1) is 0 Å². The van der Waals surface area contributed by atoms with Crippen molar-refractivity contribution in [3.05, 3.63) is 71.3 Å². The van der Waals surface area contributed by atoms with Gasteiger partial charge < -0.3 is 0 Å². The van der Waals surface area contributed by atoms with Crippen LogP contribution in [-0.4, -0.2) is 16.1 Å². The van der Waals surface area contributed by atoms with E-state index in [1.165, 1.54) is 0 Å². The van der Waals surface area contributed by atoms with Gasteiger partial charge in [-0.2, -0.15) is 0 Å². The topological polar surface area (TPSA) is 0 Å². The average Bonchev–Trinajstić information content (AvgIpc) is 2.45. The summed E-state index contributed by atoms with van der Waals surface area (Å²) in [6.45, 7) is 15.5. The first-order chi connectivity index (χ1) is 11.2. The fourth-order valence-corrected chi connectivity index (χ4v) is 13.0. The van der Waals surface area contributed by atoms with Gasteiger partial charge in [0.15, 0.2) is 0 Å². The lowest BCUT2D eigenvalue weighted by molar-refractivity contribution is 0.522. The zero-order valence-electron chi connectivity index (χ0n) is 16.1. The van der Waals surface area contributed by atoms with E-state index in [0.29, 0.717) is 5.92 Å². The van der Waals surface area contributed by atoms with Crippen molar-refractivity contribution in [2.45, 2.75) is 62.7 Å². The summed E-state index contributed by atoms with van der Waals surface area (Å²) in [6, 6.07) is 11.3. The fourth-order valence-electron chi connectivity index (χ4n) is 4.83. The number of allylic oxidation sites excluding steroid dienone is 6. The highest BCUT2D eigenvalue weighted by Crippen LogP contribution is 2.68. The molecule has 0 aliphatic heterocycles. The Morgan fingerprint density at radius 3 is 2.00 bits per heavy atom. The zero-order valence-corrected chi connectivity index (χ0v) is 18.1. The Hall–Kier alpha value is -1.13. The highest BCUT2D eigenvalue weighted by atomic mass is 28.3. The molecular weight excluding hydrogens is 320 g/mol. The van der Waals surface area contributed by atoms with Crippen LogP contribution in [-0.2, 0) is 0 Å². The average molecular weight is 353 g/mol. The molecule has 1 aromatic rings. The molecule has 0 saturated heterocycles. The first-order valence-corrected chi connectivity index (χ1v) is 16.5. The lowest BCUT2D eigenvalue weighted by Gasteiger charge is -2.59. The summed E-state index contributed by atoms with van der Waals surface area (Å²) in [4.78, 5) is 0. The van der Waals surface area contributed by atoms with Crippen molar-refractivity contribution in [3.8, 4) is 0 Å². The Labute approximate surface area is 150 Å². The molecule has 0 heterocycles. The summed E-state index contributed by atoms with van der Waals surface area (Å²) in [5.74, 6) is 0.653. The van der Waals surface area contributed by atoms with Gasteiger partial charge in [0, 0.05) is 14.0 Å². The summed E-state index contributed by atoms with van der Waals surface area (Å²) in [7, 11) is -2.49. The predicted molar refractivity (Wildman–Crippen MR) is 113 cm³/mol. The van der Waals surface area contributed by atoms with Crippen molar-refractivity contribution in [2.24, 2.45) is 0 Å². The molecule has 2 aliphatic rings. The Bertz CT molecular complexity index is 681. The lowest BCUT2D eigenvalue weighted by Crippen LogP contribution is -2.52. The minimum atomic E-state index is -1.25. The van der Waals surface area contributed by atoms with Crippen molar-refractivity contribution in [1.29, 1.82) is 0 Å². The Morgan fingerprint density at radius 1 is 0.833 bits per heavy atom. The number of hydrogen-bond acceptors (Lipinski definition) is 0. The molecule has 3 rings (SSSR count). The minimum Gasteiger partial charge on any atom is -0.0801 e. The van der Waals surface area contributed by atoms with Crippen LogP contribution >= 0.6 is 0 Å². The number of hydrogen-bond donors (Lipinski definition) is 0. The lowest BCUT2D eigenvalue weighted by atomic mass is 9.70. The normalized spacial score (nSPS) is 30.3. The molecule has 2 aliphatic carbocycles. The van der Waals surface area contributed by atoms with Crippen LogP contribution < -0.4 is 0 Å². The molecule has 1 fully saturated rings. The molecule has 0 nitrogen and oxygen atoms in total. The van der Waals surface area contributed by atoms with E-state index in [9.17, 15) is 0 Å². The third-order valence-corrected chi connectivity index (χ3v) is 11.3. The van der Waals surface area contributed by atoms with Crippen LogP contribution in [0.4, 0.5) is 0 Å². The second kappa shape index (κ2) is 6.31. The van der Waals surface area contributed by atoms with Gasteiger partial charge in [-0.15, -0.1) is 0 Å². The molecule has 0 radical (unpaired) electrons. The monoisotopic (exact) mass is 352 g/mol. The van der Waals surface area contributed by atoms with Gasteiger partial charge in [-0.05, 0) is 28.6 Å². The van der Waals surface area contributed by atoms with Gasteiger partial charge in [0.25, 0.3) is 0 Å². The number of rotatable bonds is 3. The van der Waals surface area contributed by atoms with Gasteiger partial charge >= 0.3 is 0 Å². The van der Waals surface area contributed by atoms with Gasteiger partial charge in [0.05, 0.1) is 8.07 Å². The van der Waals surface area contributed by atoms with E-state index in [2.05, 4.69) is 93.9 Å². The molecule has 2 heteroatoms. The van der Waals surface area contributed by atoms with Crippen molar-refractivity contribution in [1.82, 2.24) is 0 Å². The molecule has 0 spiro atoms.